The van der Waals surface area contributed by atoms with Crippen LogP contribution in [0.4, 0.5) is 5.69 Å². The Balaban J connectivity index is 1.36. The third-order valence-corrected chi connectivity index (χ3v) is 4.99. The fraction of sp³-hybridized carbons (Fsp3) is 0.400. The molecule has 0 radical (unpaired) electrons. The molecule has 26 heavy (non-hydrogen) atoms. The highest BCUT2D eigenvalue weighted by molar-refractivity contribution is 6.31. The Morgan fingerprint density at radius 2 is 1.69 bits per heavy atom. The van der Waals surface area contributed by atoms with Gasteiger partial charge in [0.2, 0.25) is 0 Å². The van der Waals surface area contributed by atoms with Gasteiger partial charge in [0.1, 0.15) is 0 Å². The minimum absolute atomic E-state index is 0.330. The molecule has 1 unspecified atom stereocenters. The van der Waals surface area contributed by atoms with E-state index < -0.39 is 6.10 Å². The first kappa shape index (κ1) is 19.5. The highest BCUT2D eigenvalue weighted by atomic mass is 35.5. The monoisotopic (exact) mass is 394 g/mol. The van der Waals surface area contributed by atoms with E-state index >= 15 is 0 Å². The lowest BCUT2D eigenvalue weighted by molar-refractivity contribution is 0.00914. The van der Waals surface area contributed by atoms with Crippen LogP contribution in [-0.4, -0.2) is 55.4 Å². The Hall–Kier alpha value is -1.30. The summed E-state index contributed by atoms with van der Waals surface area (Å²) in [5.41, 5.74) is 2.21. The molecule has 0 amide bonds. The van der Waals surface area contributed by atoms with Crippen molar-refractivity contribution in [1.29, 1.82) is 0 Å². The van der Waals surface area contributed by atoms with Gasteiger partial charge in [-0.1, -0.05) is 41.4 Å². The van der Waals surface area contributed by atoms with Gasteiger partial charge in [0.25, 0.3) is 0 Å². The standard InChI is InChI=1S/C20H24Cl2N2O2/c21-17-6-4-16(5-7-17)14-26-15-20(25)13-23-8-10-24(11-9-23)19-3-1-2-18(22)12-19/h1-7,12,20,25H,8-11,13-15H2. The summed E-state index contributed by atoms with van der Waals surface area (Å²) in [5, 5.41) is 11.7. The highest BCUT2D eigenvalue weighted by Gasteiger charge is 2.19. The molecule has 3 rings (SSSR count). The lowest BCUT2D eigenvalue weighted by Crippen LogP contribution is -2.49. The Morgan fingerprint density at radius 1 is 0.962 bits per heavy atom. The molecule has 140 valence electrons. The normalized spacial score (nSPS) is 16.7. The largest absolute Gasteiger partial charge is 0.389 e. The number of nitrogens with zero attached hydrogens (tertiary/aromatic N) is 2. The van der Waals surface area contributed by atoms with Crippen molar-refractivity contribution < 1.29 is 9.84 Å². The van der Waals surface area contributed by atoms with Gasteiger partial charge < -0.3 is 14.7 Å². The van der Waals surface area contributed by atoms with Crippen molar-refractivity contribution in [1.82, 2.24) is 4.90 Å². The fourth-order valence-corrected chi connectivity index (χ4v) is 3.42. The van der Waals surface area contributed by atoms with Crippen LogP contribution in [0.15, 0.2) is 48.5 Å². The number of piperazine rings is 1. The zero-order valence-electron chi connectivity index (χ0n) is 14.7. The molecule has 0 aromatic heterocycles. The molecule has 0 saturated carbocycles. The van der Waals surface area contributed by atoms with E-state index in [0.29, 0.717) is 24.8 Å². The van der Waals surface area contributed by atoms with Crippen molar-refractivity contribution in [2.45, 2.75) is 12.7 Å². The molecule has 1 aliphatic heterocycles. The number of hydrogen-bond donors (Lipinski definition) is 1. The van der Waals surface area contributed by atoms with Crippen LogP contribution in [0.1, 0.15) is 5.56 Å². The zero-order valence-corrected chi connectivity index (χ0v) is 16.2. The van der Waals surface area contributed by atoms with Crippen LogP contribution in [0.2, 0.25) is 10.0 Å². The minimum atomic E-state index is -0.486. The third kappa shape index (κ3) is 5.86. The molecule has 1 N–H and O–H groups in total. The van der Waals surface area contributed by atoms with E-state index in [1.807, 2.05) is 42.5 Å². The highest BCUT2D eigenvalue weighted by Crippen LogP contribution is 2.20. The van der Waals surface area contributed by atoms with Gasteiger partial charge in [-0.2, -0.15) is 0 Å². The summed E-state index contributed by atoms with van der Waals surface area (Å²) in [6.07, 6.45) is -0.486. The van der Waals surface area contributed by atoms with Gasteiger partial charge in [0.05, 0.1) is 19.3 Å². The van der Waals surface area contributed by atoms with Gasteiger partial charge in [-0.3, -0.25) is 4.90 Å². The van der Waals surface area contributed by atoms with Crippen molar-refractivity contribution in [3.05, 3.63) is 64.1 Å². The number of β-amino-alcohol motifs (C(OH)–C–C–N with tert-alkyl or cyclic N) is 1. The molecule has 1 fully saturated rings. The van der Waals surface area contributed by atoms with E-state index in [1.165, 1.54) is 0 Å². The second-order valence-electron chi connectivity index (χ2n) is 6.56. The Labute approximate surface area is 164 Å². The molecule has 6 heteroatoms. The first-order chi connectivity index (χ1) is 12.6. The lowest BCUT2D eigenvalue weighted by atomic mass is 10.2. The molecule has 0 spiro atoms. The quantitative estimate of drug-likeness (QED) is 0.776. The molecular weight excluding hydrogens is 371 g/mol. The first-order valence-electron chi connectivity index (χ1n) is 8.83. The van der Waals surface area contributed by atoms with E-state index in [-0.39, 0.29) is 0 Å². The minimum Gasteiger partial charge on any atom is -0.389 e. The Kier molecular flexibility index (Phi) is 7.17. The number of hydrogen-bond acceptors (Lipinski definition) is 4. The van der Waals surface area contributed by atoms with Crippen LogP contribution < -0.4 is 4.90 Å². The third-order valence-electron chi connectivity index (χ3n) is 4.51. The van der Waals surface area contributed by atoms with Gasteiger partial charge in [-0.15, -0.1) is 0 Å². The maximum atomic E-state index is 10.2. The molecule has 1 heterocycles. The summed E-state index contributed by atoms with van der Waals surface area (Å²) in [6, 6.07) is 15.5. The number of anilines is 1. The van der Waals surface area contributed by atoms with Crippen LogP contribution >= 0.6 is 23.2 Å². The van der Waals surface area contributed by atoms with Crippen LogP contribution in [-0.2, 0) is 11.3 Å². The van der Waals surface area contributed by atoms with E-state index in [1.54, 1.807) is 0 Å². The molecular formula is C20H24Cl2N2O2. The molecule has 1 aliphatic rings. The zero-order chi connectivity index (χ0) is 18.4. The first-order valence-corrected chi connectivity index (χ1v) is 9.59. The number of benzene rings is 2. The maximum Gasteiger partial charge on any atom is 0.0900 e. The molecule has 4 nitrogen and oxygen atoms in total. The van der Waals surface area contributed by atoms with Crippen LogP contribution in [0, 0.1) is 0 Å². The average molecular weight is 395 g/mol. The van der Waals surface area contributed by atoms with Gasteiger partial charge in [0, 0.05) is 48.5 Å². The second-order valence-corrected chi connectivity index (χ2v) is 7.44. The molecule has 1 atom stereocenters. The SMILES string of the molecule is OC(COCc1ccc(Cl)cc1)CN1CCN(c2cccc(Cl)c2)CC1. The van der Waals surface area contributed by atoms with Gasteiger partial charge in [-0.05, 0) is 35.9 Å². The van der Waals surface area contributed by atoms with Crippen molar-refractivity contribution in [3.8, 4) is 0 Å². The molecule has 0 aliphatic carbocycles. The van der Waals surface area contributed by atoms with Crippen LogP contribution in [0.5, 0.6) is 0 Å². The van der Waals surface area contributed by atoms with Gasteiger partial charge >= 0.3 is 0 Å². The van der Waals surface area contributed by atoms with Crippen molar-refractivity contribution >= 4 is 28.9 Å². The molecule has 2 aromatic rings. The predicted octanol–water partition coefficient (Wildman–Crippen LogP) is 3.69. The number of aliphatic hydroxyl groups excluding tert-OH is 1. The number of aliphatic hydroxyl groups is 1. The fourth-order valence-electron chi connectivity index (χ4n) is 3.11. The number of rotatable bonds is 7. The molecule has 0 bridgehead atoms. The van der Waals surface area contributed by atoms with E-state index in [2.05, 4.69) is 15.9 Å². The summed E-state index contributed by atoms with van der Waals surface area (Å²) in [7, 11) is 0. The summed E-state index contributed by atoms with van der Waals surface area (Å²) >= 11 is 11.9. The second kappa shape index (κ2) is 9.58. The van der Waals surface area contributed by atoms with E-state index in [9.17, 15) is 5.11 Å². The maximum absolute atomic E-state index is 10.2. The topological polar surface area (TPSA) is 35.9 Å². The lowest BCUT2D eigenvalue weighted by Gasteiger charge is -2.36. The van der Waals surface area contributed by atoms with E-state index in [0.717, 1.165) is 42.5 Å². The van der Waals surface area contributed by atoms with Crippen molar-refractivity contribution in [2.24, 2.45) is 0 Å². The molecule has 1 saturated heterocycles. The number of ether oxygens (including phenoxy) is 1. The van der Waals surface area contributed by atoms with Gasteiger partial charge in [-0.25, -0.2) is 0 Å². The Bertz CT molecular complexity index is 688. The van der Waals surface area contributed by atoms with E-state index in [4.69, 9.17) is 27.9 Å². The Morgan fingerprint density at radius 3 is 2.38 bits per heavy atom. The molecule has 2 aromatic carbocycles. The van der Waals surface area contributed by atoms with Crippen molar-refractivity contribution in [3.63, 3.8) is 0 Å². The summed E-state index contributed by atoms with van der Waals surface area (Å²) in [5.74, 6) is 0. The van der Waals surface area contributed by atoms with Crippen LogP contribution in [0.25, 0.3) is 0 Å². The van der Waals surface area contributed by atoms with Crippen molar-refractivity contribution in [2.75, 3.05) is 44.2 Å². The number of halogens is 2. The average Bonchev–Trinajstić information content (AvgIpc) is 2.64. The summed E-state index contributed by atoms with van der Waals surface area (Å²) in [4.78, 5) is 4.60. The summed E-state index contributed by atoms with van der Waals surface area (Å²) in [6.45, 7) is 5.14. The summed E-state index contributed by atoms with van der Waals surface area (Å²) < 4.78 is 5.62. The predicted molar refractivity (Wildman–Crippen MR) is 107 cm³/mol. The smallest absolute Gasteiger partial charge is 0.0900 e. The van der Waals surface area contributed by atoms with Gasteiger partial charge in [0.15, 0.2) is 0 Å². The van der Waals surface area contributed by atoms with Crippen LogP contribution in [0.3, 0.4) is 0 Å².